The summed E-state index contributed by atoms with van der Waals surface area (Å²) >= 11 is 13.9. The zero-order valence-corrected chi connectivity index (χ0v) is 14.0. The monoisotopic (exact) mass is 442 g/mol. The first-order valence-corrected chi connectivity index (χ1v) is 8.15. The van der Waals surface area contributed by atoms with Gasteiger partial charge in [-0.3, -0.25) is 0 Å². The molecule has 0 aliphatic rings. The van der Waals surface area contributed by atoms with E-state index in [0.717, 1.165) is 10.7 Å². The lowest BCUT2D eigenvalue weighted by molar-refractivity contribution is 0.0144. The lowest BCUT2D eigenvalue weighted by Crippen LogP contribution is -2.31. The summed E-state index contributed by atoms with van der Waals surface area (Å²) in [5.41, 5.74) is 0. The molecule has 1 nitrogen and oxygen atoms in total. The molecule has 13 heavy (non-hydrogen) atoms. The highest BCUT2D eigenvalue weighted by Crippen LogP contribution is 2.18. The van der Waals surface area contributed by atoms with Crippen LogP contribution in [0.4, 0.5) is 0 Å². The van der Waals surface area contributed by atoms with Crippen LogP contribution in [-0.2, 0) is 4.74 Å². The highest BCUT2D eigenvalue weighted by atomic mass is 79.9. The largest absolute Gasteiger partial charge is 0.373 e. The maximum Gasteiger partial charge on any atom is 0.0684 e. The fraction of sp³-hybridized carbons (Fsp3) is 1.00. The summed E-state index contributed by atoms with van der Waals surface area (Å²) < 4.78 is 5.80. The van der Waals surface area contributed by atoms with E-state index in [9.17, 15) is 0 Å². The molecule has 0 amide bonds. The second kappa shape index (κ2) is 8.08. The Morgan fingerprint density at radius 1 is 0.923 bits per heavy atom. The number of hydrogen-bond donors (Lipinski definition) is 0. The molecule has 4 atom stereocenters. The van der Waals surface area contributed by atoms with Gasteiger partial charge in [0.1, 0.15) is 0 Å². The van der Waals surface area contributed by atoms with Crippen LogP contribution in [0.15, 0.2) is 0 Å². The van der Waals surface area contributed by atoms with Crippen LogP contribution in [0.25, 0.3) is 0 Å². The molecule has 0 fully saturated rings. The first-order valence-electron chi connectivity index (χ1n) is 4.08. The topological polar surface area (TPSA) is 9.23 Å². The molecule has 80 valence electrons. The van der Waals surface area contributed by atoms with E-state index >= 15 is 0 Å². The van der Waals surface area contributed by atoms with E-state index in [0.29, 0.717) is 9.65 Å². The molecular weight excluding hydrogens is 432 g/mol. The third-order valence-electron chi connectivity index (χ3n) is 1.74. The van der Waals surface area contributed by atoms with E-state index in [1.165, 1.54) is 0 Å². The Morgan fingerprint density at radius 2 is 1.23 bits per heavy atom. The van der Waals surface area contributed by atoms with Gasteiger partial charge in [-0.05, 0) is 13.8 Å². The molecule has 0 aromatic carbocycles. The van der Waals surface area contributed by atoms with Crippen molar-refractivity contribution in [3.8, 4) is 0 Å². The SMILES string of the molecule is CC(OC(C)C(Br)CBr)C(Br)CBr. The fourth-order valence-corrected chi connectivity index (χ4v) is 2.06. The Labute approximate surface area is 114 Å². The van der Waals surface area contributed by atoms with Crippen LogP contribution in [0.2, 0.25) is 0 Å². The minimum absolute atomic E-state index is 0.216. The van der Waals surface area contributed by atoms with Gasteiger partial charge in [0.05, 0.1) is 21.9 Å². The van der Waals surface area contributed by atoms with E-state index < -0.39 is 0 Å². The summed E-state index contributed by atoms with van der Waals surface area (Å²) in [5, 5.41) is 1.81. The van der Waals surface area contributed by atoms with E-state index in [4.69, 9.17) is 4.74 Å². The maximum atomic E-state index is 5.80. The zero-order chi connectivity index (χ0) is 10.4. The zero-order valence-electron chi connectivity index (χ0n) is 7.64. The van der Waals surface area contributed by atoms with Crippen LogP contribution in [0.1, 0.15) is 13.8 Å². The molecule has 0 aromatic heterocycles. The van der Waals surface area contributed by atoms with Crippen LogP contribution in [0.5, 0.6) is 0 Å². The van der Waals surface area contributed by atoms with Gasteiger partial charge >= 0.3 is 0 Å². The normalized spacial score (nSPS) is 20.8. The van der Waals surface area contributed by atoms with Crippen molar-refractivity contribution in [1.82, 2.24) is 0 Å². The first kappa shape index (κ1) is 14.9. The Morgan fingerprint density at radius 3 is 1.46 bits per heavy atom. The smallest absolute Gasteiger partial charge is 0.0684 e. The van der Waals surface area contributed by atoms with Gasteiger partial charge in [0, 0.05) is 10.7 Å². The molecule has 4 unspecified atom stereocenters. The Hall–Kier alpha value is 1.88. The number of hydrogen-bond acceptors (Lipinski definition) is 1. The van der Waals surface area contributed by atoms with Gasteiger partial charge in [-0.2, -0.15) is 0 Å². The lowest BCUT2D eigenvalue weighted by Gasteiger charge is -2.24. The lowest BCUT2D eigenvalue weighted by atomic mass is 10.2. The standard InChI is InChI=1S/C8H14Br4O/c1-5(7(11)3-9)13-6(2)8(12)4-10/h5-8H,3-4H2,1-2H3. The third kappa shape index (κ3) is 6.13. The molecule has 0 rings (SSSR count). The van der Waals surface area contributed by atoms with Crippen molar-refractivity contribution in [2.24, 2.45) is 0 Å². The molecule has 5 heteroatoms. The van der Waals surface area contributed by atoms with Crippen molar-refractivity contribution in [3.05, 3.63) is 0 Å². The fourth-order valence-electron chi connectivity index (χ4n) is 0.760. The Balaban J connectivity index is 3.83. The van der Waals surface area contributed by atoms with Crippen molar-refractivity contribution >= 4 is 63.7 Å². The molecule has 0 N–H and O–H groups in total. The second-order valence-electron chi connectivity index (χ2n) is 2.89. The maximum absolute atomic E-state index is 5.80. The Kier molecular flexibility index (Phi) is 9.25. The first-order chi connectivity index (χ1) is 6.02. The Bertz CT molecular complexity index is 119. The van der Waals surface area contributed by atoms with Gasteiger partial charge in [0.25, 0.3) is 0 Å². The number of ether oxygens (including phenoxy) is 1. The van der Waals surface area contributed by atoms with Crippen LogP contribution in [-0.4, -0.2) is 32.5 Å². The van der Waals surface area contributed by atoms with Gasteiger partial charge in [-0.15, -0.1) is 0 Å². The predicted molar refractivity (Wildman–Crippen MR) is 73.0 cm³/mol. The molecule has 0 saturated heterocycles. The predicted octanol–water partition coefficient (Wildman–Crippen LogP) is 4.10. The quantitative estimate of drug-likeness (QED) is 0.559. The van der Waals surface area contributed by atoms with Gasteiger partial charge in [0.15, 0.2) is 0 Å². The van der Waals surface area contributed by atoms with Crippen molar-refractivity contribution in [3.63, 3.8) is 0 Å². The van der Waals surface area contributed by atoms with Crippen LogP contribution < -0.4 is 0 Å². The van der Waals surface area contributed by atoms with Gasteiger partial charge < -0.3 is 4.74 Å². The second-order valence-corrected chi connectivity index (χ2v) is 6.53. The molecule has 0 aliphatic heterocycles. The molecule has 0 heterocycles. The molecule has 0 radical (unpaired) electrons. The van der Waals surface area contributed by atoms with Gasteiger partial charge in [-0.25, -0.2) is 0 Å². The highest BCUT2D eigenvalue weighted by Gasteiger charge is 2.20. The molecule has 0 aromatic rings. The van der Waals surface area contributed by atoms with Crippen molar-refractivity contribution in [2.45, 2.75) is 35.7 Å². The minimum atomic E-state index is 0.216. The summed E-state index contributed by atoms with van der Waals surface area (Å²) in [4.78, 5) is 0.731. The average molecular weight is 446 g/mol. The minimum Gasteiger partial charge on any atom is -0.373 e. The van der Waals surface area contributed by atoms with E-state index in [-0.39, 0.29) is 12.2 Å². The summed E-state index contributed by atoms with van der Waals surface area (Å²) in [6.45, 7) is 4.15. The van der Waals surface area contributed by atoms with Crippen molar-refractivity contribution < 1.29 is 4.74 Å². The summed E-state index contributed by atoms with van der Waals surface area (Å²) in [7, 11) is 0. The summed E-state index contributed by atoms with van der Waals surface area (Å²) in [6.07, 6.45) is 0.432. The third-order valence-corrected chi connectivity index (χ3v) is 7.01. The number of alkyl halides is 4. The molecule has 0 aliphatic carbocycles. The van der Waals surface area contributed by atoms with E-state index in [1.54, 1.807) is 0 Å². The molecule has 0 bridgehead atoms. The van der Waals surface area contributed by atoms with E-state index in [1.807, 2.05) is 0 Å². The molecule has 0 spiro atoms. The van der Waals surface area contributed by atoms with Crippen LogP contribution in [0.3, 0.4) is 0 Å². The summed E-state index contributed by atoms with van der Waals surface area (Å²) in [6, 6.07) is 0. The summed E-state index contributed by atoms with van der Waals surface area (Å²) in [5.74, 6) is 0. The van der Waals surface area contributed by atoms with E-state index in [2.05, 4.69) is 77.6 Å². The molecule has 0 saturated carbocycles. The highest BCUT2D eigenvalue weighted by molar-refractivity contribution is 9.12. The number of halogens is 4. The average Bonchev–Trinajstić information content (AvgIpc) is 2.14. The van der Waals surface area contributed by atoms with Crippen molar-refractivity contribution in [1.29, 1.82) is 0 Å². The number of rotatable bonds is 6. The van der Waals surface area contributed by atoms with Gasteiger partial charge in [0.2, 0.25) is 0 Å². The van der Waals surface area contributed by atoms with Gasteiger partial charge in [-0.1, -0.05) is 63.7 Å². The van der Waals surface area contributed by atoms with Crippen LogP contribution >= 0.6 is 63.7 Å². The van der Waals surface area contributed by atoms with Crippen molar-refractivity contribution in [2.75, 3.05) is 10.7 Å². The molecular formula is C8H14Br4O. The van der Waals surface area contributed by atoms with Crippen LogP contribution in [0, 0.1) is 0 Å².